The SMILES string of the molecule is O=NO.c1ccc2c(c1)oc1ccccc12. The highest BCUT2D eigenvalue weighted by molar-refractivity contribution is 6.04. The maximum atomic E-state index is 8.11. The standard InChI is InChI=1S/C12H8O.HNO2/c1-3-7-11-9(5-1)10-6-2-4-8-12(10)13-11;2-1-3/h1-8H;(H,2,3). The van der Waals surface area contributed by atoms with E-state index in [1.807, 2.05) is 36.4 Å². The fourth-order valence-corrected chi connectivity index (χ4v) is 1.67. The lowest BCUT2D eigenvalue weighted by Gasteiger charge is -1.85. The van der Waals surface area contributed by atoms with Gasteiger partial charge in [0, 0.05) is 10.8 Å². The Kier molecular flexibility index (Phi) is 2.82. The van der Waals surface area contributed by atoms with E-state index in [9.17, 15) is 0 Å². The first-order valence-corrected chi connectivity index (χ1v) is 4.70. The Hall–Kier alpha value is -2.36. The Bertz CT molecular complexity index is 565. The first-order chi connectivity index (χ1) is 7.86. The lowest BCUT2D eigenvalue weighted by atomic mass is 10.2. The second-order valence-corrected chi connectivity index (χ2v) is 3.18. The van der Waals surface area contributed by atoms with Crippen LogP contribution in [0.1, 0.15) is 0 Å². The number of furan rings is 1. The van der Waals surface area contributed by atoms with Crippen molar-refractivity contribution >= 4 is 21.9 Å². The van der Waals surface area contributed by atoms with Crippen molar-refractivity contribution in [3.05, 3.63) is 53.4 Å². The zero-order valence-corrected chi connectivity index (χ0v) is 8.33. The molecule has 4 heteroatoms. The van der Waals surface area contributed by atoms with Gasteiger partial charge in [-0.2, -0.15) is 0 Å². The maximum absolute atomic E-state index is 8.11. The van der Waals surface area contributed by atoms with E-state index in [-0.39, 0.29) is 0 Å². The van der Waals surface area contributed by atoms with Crippen LogP contribution in [-0.2, 0) is 0 Å². The van der Waals surface area contributed by atoms with Crippen molar-refractivity contribution < 1.29 is 9.62 Å². The van der Waals surface area contributed by atoms with Crippen LogP contribution in [0.5, 0.6) is 0 Å². The Morgan fingerprint density at radius 2 is 1.25 bits per heavy atom. The van der Waals surface area contributed by atoms with Crippen LogP contribution in [0.3, 0.4) is 0 Å². The molecule has 4 nitrogen and oxygen atoms in total. The molecule has 0 spiro atoms. The Morgan fingerprint density at radius 3 is 1.69 bits per heavy atom. The van der Waals surface area contributed by atoms with Gasteiger partial charge in [-0.15, -0.1) is 4.91 Å². The number of para-hydroxylation sites is 2. The van der Waals surface area contributed by atoms with Crippen molar-refractivity contribution in [2.45, 2.75) is 0 Å². The molecule has 0 bridgehead atoms. The van der Waals surface area contributed by atoms with E-state index >= 15 is 0 Å². The predicted molar refractivity (Wildman–Crippen MR) is 61.3 cm³/mol. The van der Waals surface area contributed by atoms with Gasteiger partial charge < -0.3 is 9.62 Å². The zero-order valence-electron chi connectivity index (χ0n) is 8.33. The highest BCUT2D eigenvalue weighted by atomic mass is 16.6. The molecule has 0 aliphatic heterocycles. The summed E-state index contributed by atoms with van der Waals surface area (Å²) in [4.78, 5) is 8.11. The van der Waals surface area contributed by atoms with E-state index in [4.69, 9.17) is 14.5 Å². The van der Waals surface area contributed by atoms with Gasteiger partial charge in [-0.05, 0) is 12.1 Å². The van der Waals surface area contributed by atoms with Crippen molar-refractivity contribution in [2.75, 3.05) is 0 Å². The number of fused-ring (bicyclic) bond motifs is 3. The lowest BCUT2D eigenvalue weighted by Crippen LogP contribution is -1.62. The minimum Gasteiger partial charge on any atom is -0.456 e. The molecule has 3 rings (SSSR count). The normalized spacial score (nSPS) is 9.75. The van der Waals surface area contributed by atoms with Gasteiger partial charge in [-0.1, -0.05) is 36.4 Å². The second-order valence-electron chi connectivity index (χ2n) is 3.18. The second kappa shape index (κ2) is 4.44. The highest BCUT2D eigenvalue weighted by Gasteiger charge is 2.03. The molecule has 0 saturated heterocycles. The summed E-state index contributed by atoms with van der Waals surface area (Å²) in [6.45, 7) is 0. The Labute approximate surface area is 91.0 Å². The van der Waals surface area contributed by atoms with Crippen LogP contribution in [0.4, 0.5) is 0 Å². The maximum Gasteiger partial charge on any atom is 0.152 e. The van der Waals surface area contributed by atoms with Crippen LogP contribution in [0.25, 0.3) is 21.9 Å². The average molecular weight is 215 g/mol. The van der Waals surface area contributed by atoms with E-state index in [1.54, 1.807) is 0 Å². The number of hydrogen-bond donors (Lipinski definition) is 1. The monoisotopic (exact) mass is 215 g/mol. The van der Waals surface area contributed by atoms with Crippen LogP contribution in [-0.4, -0.2) is 5.21 Å². The summed E-state index contributed by atoms with van der Waals surface area (Å²) in [6.07, 6.45) is 0. The molecule has 0 unspecified atom stereocenters. The van der Waals surface area contributed by atoms with Crippen LogP contribution in [0.2, 0.25) is 0 Å². The van der Waals surface area contributed by atoms with Crippen LogP contribution in [0.15, 0.2) is 58.3 Å². The molecule has 0 fully saturated rings. The van der Waals surface area contributed by atoms with E-state index in [2.05, 4.69) is 12.1 Å². The largest absolute Gasteiger partial charge is 0.456 e. The van der Waals surface area contributed by atoms with E-state index in [1.165, 1.54) is 16.1 Å². The predicted octanol–water partition coefficient (Wildman–Crippen LogP) is 3.73. The molecule has 2 aromatic carbocycles. The summed E-state index contributed by atoms with van der Waals surface area (Å²) in [5.41, 5.74) is 1.92. The molecule has 1 aromatic heterocycles. The van der Waals surface area contributed by atoms with Crippen LogP contribution >= 0.6 is 0 Å². The molecular formula is C12H9NO3. The molecular weight excluding hydrogens is 206 g/mol. The molecule has 80 valence electrons. The van der Waals surface area contributed by atoms with Crippen molar-refractivity contribution in [3.8, 4) is 0 Å². The number of benzene rings is 2. The summed E-state index contributed by atoms with van der Waals surface area (Å²) >= 11 is 0. The number of hydrogen-bond acceptors (Lipinski definition) is 3. The van der Waals surface area contributed by atoms with E-state index in [0.29, 0.717) is 0 Å². The van der Waals surface area contributed by atoms with Gasteiger partial charge in [0.05, 0.1) is 0 Å². The molecule has 16 heavy (non-hydrogen) atoms. The molecule has 3 aromatic rings. The molecule has 1 N–H and O–H groups in total. The molecule has 0 amide bonds. The van der Waals surface area contributed by atoms with Crippen LogP contribution in [0, 0.1) is 4.91 Å². The first-order valence-electron chi connectivity index (χ1n) is 4.70. The highest BCUT2D eigenvalue weighted by Crippen LogP contribution is 2.27. The Balaban J connectivity index is 0.000000292. The molecule has 1 heterocycles. The average Bonchev–Trinajstić information content (AvgIpc) is 2.68. The van der Waals surface area contributed by atoms with Gasteiger partial charge in [0.25, 0.3) is 0 Å². The third-order valence-corrected chi connectivity index (χ3v) is 2.28. The van der Waals surface area contributed by atoms with Crippen molar-refractivity contribution in [3.63, 3.8) is 0 Å². The third kappa shape index (κ3) is 1.72. The summed E-state index contributed by atoms with van der Waals surface area (Å²) in [5.74, 6) is 0. The summed E-state index contributed by atoms with van der Waals surface area (Å²) in [5, 5.41) is 10.3. The topological polar surface area (TPSA) is 62.8 Å². The van der Waals surface area contributed by atoms with Crippen molar-refractivity contribution in [2.24, 2.45) is 5.34 Å². The number of rotatable bonds is 0. The van der Waals surface area contributed by atoms with Gasteiger partial charge in [-0.25, -0.2) is 0 Å². The molecule has 0 aliphatic rings. The van der Waals surface area contributed by atoms with Gasteiger partial charge >= 0.3 is 0 Å². The lowest BCUT2D eigenvalue weighted by molar-refractivity contribution is 0.312. The van der Waals surface area contributed by atoms with Crippen molar-refractivity contribution in [1.82, 2.24) is 0 Å². The Morgan fingerprint density at radius 1 is 0.875 bits per heavy atom. The van der Waals surface area contributed by atoms with Gasteiger partial charge in [0.1, 0.15) is 11.2 Å². The minimum atomic E-state index is 0.962. The molecule has 0 radical (unpaired) electrons. The molecule has 0 saturated carbocycles. The third-order valence-electron chi connectivity index (χ3n) is 2.28. The van der Waals surface area contributed by atoms with Gasteiger partial charge in [-0.3, -0.25) is 0 Å². The van der Waals surface area contributed by atoms with E-state index in [0.717, 1.165) is 11.2 Å². The number of nitrogens with zero attached hydrogens (tertiary/aromatic N) is 1. The zero-order chi connectivity index (χ0) is 11.4. The van der Waals surface area contributed by atoms with Crippen molar-refractivity contribution in [1.29, 1.82) is 0 Å². The molecule has 0 aliphatic carbocycles. The fourth-order valence-electron chi connectivity index (χ4n) is 1.67. The summed E-state index contributed by atoms with van der Waals surface area (Å²) < 4.78 is 5.65. The van der Waals surface area contributed by atoms with Gasteiger partial charge in [0.2, 0.25) is 0 Å². The van der Waals surface area contributed by atoms with Crippen LogP contribution < -0.4 is 0 Å². The summed E-state index contributed by atoms with van der Waals surface area (Å²) in [6, 6.07) is 16.2. The molecule has 0 atom stereocenters. The quantitative estimate of drug-likeness (QED) is 0.459. The smallest absolute Gasteiger partial charge is 0.152 e. The van der Waals surface area contributed by atoms with Gasteiger partial charge in [0.15, 0.2) is 5.34 Å². The minimum absolute atomic E-state index is 0.962. The van der Waals surface area contributed by atoms with E-state index < -0.39 is 0 Å². The summed E-state index contributed by atoms with van der Waals surface area (Å²) in [7, 11) is 0. The fraction of sp³-hybridized carbons (Fsp3) is 0. The first kappa shape index (κ1) is 10.2.